The fourth-order valence-corrected chi connectivity index (χ4v) is 4.66. The second-order valence-electron chi connectivity index (χ2n) is 5.85. The number of aryl methyl sites for hydroxylation is 2. The molecule has 0 spiro atoms. The summed E-state index contributed by atoms with van der Waals surface area (Å²) in [6.07, 6.45) is 0. The van der Waals surface area contributed by atoms with Gasteiger partial charge in [-0.3, -0.25) is 4.79 Å². The summed E-state index contributed by atoms with van der Waals surface area (Å²) >= 11 is 3.39. The van der Waals surface area contributed by atoms with E-state index in [4.69, 9.17) is 0 Å². The van der Waals surface area contributed by atoms with Crippen LogP contribution < -0.4 is 5.32 Å². The second-order valence-corrected chi connectivity index (χ2v) is 8.70. The van der Waals surface area contributed by atoms with Crippen molar-refractivity contribution in [3.05, 3.63) is 57.8 Å². The number of hydrogen-bond donors (Lipinski definition) is 1. The molecule has 0 unspecified atom stereocenters. The zero-order valence-electron chi connectivity index (χ0n) is 14.7. The number of carbonyl (C=O) groups excluding carboxylic acids is 1. The van der Waals surface area contributed by atoms with Gasteiger partial charge in [-0.1, -0.05) is 22.9 Å². The molecule has 26 heavy (non-hydrogen) atoms. The maximum absolute atomic E-state index is 13.0. The van der Waals surface area contributed by atoms with Crippen molar-refractivity contribution in [2.24, 2.45) is 0 Å². The first kappa shape index (κ1) is 20.5. The van der Waals surface area contributed by atoms with Gasteiger partial charge in [0.2, 0.25) is 15.9 Å². The van der Waals surface area contributed by atoms with Crippen molar-refractivity contribution in [1.29, 1.82) is 0 Å². The molecule has 0 radical (unpaired) electrons. The number of likely N-dealkylation sites (N-methyl/N-ethyl adjacent to an activating group) is 1. The fraction of sp³-hybridized carbons (Fsp3) is 0.278. The number of nitrogens with one attached hydrogen (secondary N) is 1. The van der Waals surface area contributed by atoms with Gasteiger partial charge in [0.05, 0.1) is 11.4 Å². The molecule has 1 amide bonds. The average Bonchev–Trinajstić information content (AvgIpc) is 2.56. The molecular weight excluding hydrogens is 423 g/mol. The first-order valence-corrected chi connectivity index (χ1v) is 10.2. The van der Waals surface area contributed by atoms with E-state index in [1.165, 1.54) is 12.1 Å². The van der Waals surface area contributed by atoms with E-state index in [1.807, 2.05) is 26.0 Å². The van der Waals surface area contributed by atoms with Crippen LogP contribution in [0.5, 0.6) is 0 Å². The maximum atomic E-state index is 13.0. The molecule has 2 aromatic rings. The molecule has 0 atom stereocenters. The summed E-state index contributed by atoms with van der Waals surface area (Å²) in [4.78, 5) is 12.4. The predicted octanol–water partition coefficient (Wildman–Crippen LogP) is 3.85. The van der Waals surface area contributed by atoms with Crippen LogP contribution in [0.15, 0.2) is 45.8 Å². The molecule has 0 aliphatic heterocycles. The first-order valence-electron chi connectivity index (χ1n) is 7.97. The summed E-state index contributed by atoms with van der Waals surface area (Å²) in [5, 5.41) is 2.78. The number of halogens is 2. The number of carbonyl (C=O) groups is 1. The van der Waals surface area contributed by atoms with E-state index in [0.29, 0.717) is 5.69 Å². The van der Waals surface area contributed by atoms with Crippen LogP contribution in [0.25, 0.3) is 0 Å². The highest BCUT2D eigenvalue weighted by molar-refractivity contribution is 9.10. The van der Waals surface area contributed by atoms with Gasteiger partial charge in [-0.2, -0.15) is 4.31 Å². The van der Waals surface area contributed by atoms with Crippen LogP contribution in [0, 0.1) is 19.7 Å². The Morgan fingerprint density at radius 1 is 1.15 bits per heavy atom. The van der Waals surface area contributed by atoms with E-state index in [-0.39, 0.29) is 18.0 Å². The Hall–Kier alpha value is -1.77. The Bertz CT molecular complexity index is 892. The summed E-state index contributed by atoms with van der Waals surface area (Å²) in [7, 11) is -3.88. The van der Waals surface area contributed by atoms with Crippen molar-refractivity contribution in [3.8, 4) is 0 Å². The number of nitrogens with zero attached hydrogens (tertiary/aromatic N) is 1. The first-order chi connectivity index (χ1) is 12.1. The molecule has 0 aromatic heterocycles. The molecule has 0 saturated carbocycles. The van der Waals surface area contributed by atoms with Gasteiger partial charge in [-0.25, -0.2) is 12.8 Å². The van der Waals surface area contributed by atoms with Crippen LogP contribution in [0.3, 0.4) is 0 Å². The summed E-state index contributed by atoms with van der Waals surface area (Å²) in [6.45, 7) is 5.15. The SMILES string of the molecule is CCN(CC(=O)Nc1c(C)cc(Br)cc1C)S(=O)(=O)c1ccc(F)cc1. The number of amides is 1. The highest BCUT2D eigenvalue weighted by Gasteiger charge is 2.25. The van der Waals surface area contributed by atoms with Crippen molar-refractivity contribution >= 4 is 37.5 Å². The average molecular weight is 443 g/mol. The quantitative estimate of drug-likeness (QED) is 0.738. The van der Waals surface area contributed by atoms with Crippen LogP contribution in [0.2, 0.25) is 0 Å². The van der Waals surface area contributed by atoms with Gasteiger partial charge in [0.15, 0.2) is 0 Å². The second kappa shape index (κ2) is 8.28. The zero-order chi connectivity index (χ0) is 19.5. The molecule has 2 aromatic carbocycles. The number of rotatable bonds is 6. The number of hydrogen-bond acceptors (Lipinski definition) is 3. The van der Waals surface area contributed by atoms with Crippen molar-refractivity contribution in [1.82, 2.24) is 4.31 Å². The molecule has 5 nitrogen and oxygen atoms in total. The van der Waals surface area contributed by atoms with Crippen LogP contribution in [-0.4, -0.2) is 31.7 Å². The van der Waals surface area contributed by atoms with E-state index in [2.05, 4.69) is 21.2 Å². The summed E-state index contributed by atoms with van der Waals surface area (Å²) in [5.74, 6) is -0.961. The van der Waals surface area contributed by atoms with Crippen molar-refractivity contribution in [3.63, 3.8) is 0 Å². The highest BCUT2D eigenvalue weighted by Crippen LogP contribution is 2.25. The Morgan fingerprint density at radius 3 is 2.19 bits per heavy atom. The van der Waals surface area contributed by atoms with Gasteiger partial charge in [0.25, 0.3) is 0 Å². The summed E-state index contributed by atoms with van der Waals surface area (Å²) in [6, 6.07) is 8.28. The van der Waals surface area contributed by atoms with Gasteiger partial charge in [-0.05, 0) is 61.4 Å². The third-order valence-corrected chi connectivity index (χ3v) is 6.28. The topological polar surface area (TPSA) is 66.5 Å². The van der Waals surface area contributed by atoms with Crippen LogP contribution in [0.1, 0.15) is 18.1 Å². The molecule has 0 bridgehead atoms. The fourth-order valence-electron chi connectivity index (χ4n) is 2.57. The molecule has 0 saturated heterocycles. The Morgan fingerprint density at radius 2 is 1.69 bits per heavy atom. The molecule has 8 heteroatoms. The van der Waals surface area contributed by atoms with Crippen LogP contribution in [0.4, 0.5) is 10.1 Å². The molecule has 1 N–H and O–H groups in total. The number of anilines is 1. The Kier molecular flexibility index (Phi) is 6.54. The predicted molar refractivity (Wildman–Crippen MR) is 103 cm³/mol. The molecule has 0 heterocycles. The van der Waals surface area contributed by atoms with E-state index >= 15 is 0 Å². The minimum Gasteiger partial charge on any atom is -0.324 e. The smallest absolute Gasteiger partial charge is 0.243 e. The zero-order valence-corrected chi connectivity index (χ0v) is 17.1. The van der Waals surface area contributed by atoms with E-state index in [1.54, 1.807) is 6.92 Å². The Labute approximate surface area is 161 Å². The molecule has 2 rings (SSSR count). The van der Waals surface area contributed by atoms with Crippen LogP contribution in [-0.2, 0) is 14.8 Å². The van der Waals surface area contributed by atoms with Gasteiger partial charge in [0.1, 0.15) is 5.82 Å². The number of sulfonamides is 1. The minimum absolute atomic E-state index is 0.0513. The third-order valence-electron chi connectivity index (χ3n) is 3.89. The molecule has 0 aliphatic rings. The lowest BCUT2D eigenvalue weighted by Crippen LogP contribution is -2.38. The maximum Gasteiger partial charge on any atom is 0.243 e. The van der Waals surface area contributed by atoms with E-state index in [0.717, 1.165) is 32.0 Å². The molecule has 140 valence electrons. The minimum atomic E-state index is -3.88. The monoisotopic (exact) mass is 442 g/mol. The van der Waals surface area contributed by atoms with Gasteiger partial charge >= 0.3 is 0 Å². The Balaban J connectivity index is 2.19. The summed E-state index contributed by atoms with van der Waals surface area (Å²) in [5.41, 5.74) is 2.40. The van der Waals surface area contributed by atoms with Crippen molar-refractivity contribution in [2.45, 2.75) is 25.7 Å². The van der Waals surface area contributed by atoms with E-state index in [9.17, 15) is 17.6 Å². The lowest BCUT2D eigenvalue weighted by Gasteiger charge is -2.21. The van der Waals surface area contributed by atoms with Gasteiger partial charge < -0.3 is 5.32 Å². The van der Waals surface area contributed by atoms with Crippen molar-refractivity contribution < 1.29 is 17.6 Å². The number of benzene rings is 2. The third kappa shape index (κ3) is 4.69. The highest BCUT2D eigenvalue weighted by atomic mass is 79.9. The van der Waals surface area contributed by atoms with Crippen LogP contribution >= 0.6 is 15.9 Å². The van der Waals surface area contributed by atoms with Crippen molar-refractivity contribution in [2.75, 3.05) is 18.4 Å². The lowest BCUT2D eigenvalue weighted by molar-refractivity contribution is -0.116. The van der Waals surface area contributed by atoms with Gasteiger partial charge in [0, 0.05) is 16.7 Å². The molecule has 0 aliphatic carbocycles. The normalized spacial score (nSPS) is 11.6. The van der Waals surface area contributed by atoms with E-state index < -0.39 is 21.7 Å². The largest absolute Gasteiger partial charge is 0.324 e. The standard InChI is InChI=1S/C18H20BrFN2O3S/c1-4-22(26(24,25)16-7-5-15(20)6-8-16)11-17(23)21-18-12(2)9-14(19)10-13(18)3/h5-10H,4,11H2,1-3H3,(H,21,23). The van der Waals surface area contributed by atoms with Gasteiger partial charge in [-0.15, -0.1) is 0 Å². The molecule has 0 fully saturated rings. The molecular formula is C18H20BrFN2O3S. The lowest BCUT2D eigenvalue weighted by atomic mass is 10.1. The summed E-state index contributed by atoms with van der Waals surface area (Å²) < 4.78 is 40.3.